The van der Waals surface area contributed by atoms with E-state index < -0.39 is 13.2 Å². The molecule has 1 saturated heterocycles. The Morgan fingerprint density at radius 3 is 2.39 bits per heavy atom. The van der Waals surface area contributed by atoms with Crippen molar-refractivity contribution in [2.75, 3.05) is 25.1 Å². The molecule has 2 aliphatic rings. The highest BCUT2D eigenvalue weighted by Crippen LogP contribution is 2.36. The van der Waals surface area contributed by atoms with Gasteiger partial charge in [0.1, 0.15) is 11.9 Å². The lowest BCUT2D eigenvalue weighted by Gasteiger charge is -2.31. The Bertz CT molecular complexity index is 1500. The Balaban J connectivity index is 1.22. The maximum absolute atomic E-state index is 13.2. The van der Waals surface area contributed by atoms with E-state index in [1.54, 1.807) is 19.2 Å². The Labute approximate surface area is 261 Å². The molecule has 3 atom stereocenters. The number of anilines is 1. The highest BCUT2D eigenvalue weighted by Gasteiger charge is 2.40. The number of benzene rings is 3. The van der Waals surface area contributed by atoms with Crippen LogP contribution in [0.15, 0.2) is 71.7 Å². The predicted octanol–water partition coefficient (Wildman–Crippen LogP) is 1.55. The minimum Gasteiger partial charge on any atom is -0.497 e. The Morgan fingerprint density at radius 2 is 1.70 bits per heavy atom. The lowest BCUT2D eigenvalue weighted by atomic mass is 9.80. The van der Waals surface area contributed by atoms with Crippen LogP contribution in [0.1, 0.15) is 47.7 Å². The first-order valence-corrected chi connectivity index (χ1v) is 15.0. The number of carbonyl (C=O) groups excluding carboxylic acids is 2. The number of nitrogens with zero attached hydrogens (tertiary/aromatic N) is 2. The van der Waals surface area contributed by atoms with Gasteiger partial charge in [-0.05, 0) is 67.7 Å². The van der Waals surface area contributed by atoms with E-state index in [4.69, 9.17) is 21.3 Å². The molecule has 0 aromatic heterocycles. The first kappa shape index (κ1) is 31.5. The average Bonchev–Trinajstić information content (AvgIpc) is 3.35. The van der Waals surface area contributed by atoms with Crippen LogP contribution in [-0.4, -0.2) is 73.3 Å². The van der Waals surface area contributed by atoms with Gasteiger partial charge in [-0.1, -0.05) is 35.9 Å². The van der Waals surface area contributed by atoms with Gasteiger partial charge in [-0.25, -0.2) is 10.9 Å². The fraction of sp³-hybridized carbons (Fsp3) is 0.323. The number of methoxy groups -OCH3 is 1. The predicted molar refractivity (Wildman–Crippen MR) is 171 cm³/mol. The molecule has 2 amide bonds. The van der Waals surface area contributed by atoms with Crippen LogP contribution >= 0.6 is 11.6 Å². The van der Waals surface area contributed by atoms with Crippen molar-refractivity contribution in [1.29, 1.82) is 0 Å². The van der Waals surface area contributed by atoms with Crippen LogP contribution < -0.4 is 36.6 Å². The third kappa shape index (κ3) is 7.23. The van der Waals surface area contributed by atoms with Crippen molar-refractivity contribution < 1.29 is 24.4 Å². The van der Waals surface area contributed by atoms with Crippen LogP contribution in [0.4, 0.5) is 5.69 Å². The summed E-state index contributed by atoms with van der Waals surface area (Å²) in [6, 6.07) is 19.1. The van der Waals surface area contributed by atoms with Crippen molar-refractivity contribution >= 4 is 47.4 Å². The SMILES string of the molecule is COc1ccc2c(c1)C(c1ccc(Cl)cc1)=N[C@@H](CC(=O)NCCCCNC(=O)c1ccc(B(O)O)cc1)C1NNC(C)N21. The van der Waals surface area contributed by atoms with Gasteiger partial charge in [0.25, 0.3) is 5.91 Å². The Hall–Kier alpha value is -3.94. The summed E-state index contributed by atoms with van der Waals surface area (Å²) >= 11 is 6.19. The highest BCUT2D eigenvalue weighted by atomic mass is 35.5. The van der Waals surface area contributed by atoms with Crippen LogP contribution in [-0.2, 0) is 4.79 Å². The Kier molecular flexibility index (Phi) is 10.2. The maximum atomic E-state index is 13.2. The van der Waals surface area contributed by atoms with Crippen LogP contribution in [0.25, 0.3) is 0 Å². The third-order valence-corrected chi connectivity index (χ3v) is 8.00. The van der Waals surface area contributed by atoms with Crippen molar-refractivity contribution in [3.05, 3.63) is 88.4 Å². The van der Waals surface area contributed by atoms with E-state index in [-0.39, 0.29) is 30.6 Å². The number of amides is 2. The third-order valence-electron chi connectivity index (χ3n) is 7.75. The summed E-state index contributed by atoms with van der Waals surface area (Å²) in [6.07, 6.45) is 1.21. The lowest BCUT2D eigenvalue weighted by molar-refractivity contribution is -0.121. The van der Waals surface area contributed by atoms with E-state index in [1.807, 2.05) is 42.5 Å². The molecule has 3 aromatic rings. The van der Waals surface area contributed by atoms with Gasteiger partial charge < -0.3 is 30.3 Å². The van der Waals surface area contributed by atoms with Gasteiger partial charge >= 0.3 is 7.12 Å². The summed E-state index contributed by atoms with van der Waals surface area (Å²) < 4.78 is 5.54. The molecule has 2 aliphatic heterocycles. The fourth-order valence-electron chi connectivity index (χ4n) is 5.43. The molecule has 44 heavy (non-hydrogen) atoms. The molecule has 0 aliphatic carbocycles. The van der Waals surface area contributed by atoms with Crippen LogP contribution in [0.2, 0.25) is 5.02 Å². The van der Waals surface area contributed by atoms with E-state index >= 15 is 0 Å². The highest BCUT2D eigenvalue weighted by molar-refractivity contribution is 6.58. The quantitative estimate of drug-likeness (QED) is 0.140. The first-order chi connectivity index (χ1) is 21.2. The summed E-state index contributed by atoms with van der Waals surface area (Å²) in [5.41, 5.74) is 10.9. The maximum Gasteiger partial charge on any atom is 0.488 e. The van der Waals surface area contributed by atoms with Crippen LogP contribution in [0.3, 0.4) is 0 Å². The van der Waals surface area contributed by atoms with Crippen molar-refractivity contribution in [3.8, 4) is 5.75 Å². The molecule has 11 nitrogen and oxygen atoms in total. The van der Waals surface area contributed by atoms with E-state index in [9.17, 15) is 19.6 Å². The molecule has 2 unspecified atom stereocenters. The van der Waals surface area contributed by atoms with Crippen molar-refractivity contribution in [3.63, 3.8) is 0 Å². The summed E-state index contributed by atoms with van der Waals surface area (Å²) in [5.74, 6) is 0.349. The molecule has 0 radical (unpaired) electrons. The van der Waals surface area contributed by atoms with Gasteiger partial charge in [0.05, 0.1) is 31.4 Å². The summed E-state index contributed by atoms with van der Waals surface area (Å²) in [5, 5.41) is 24.9. The normalized spacial score (nSPS) is 18.9. The monoisotopic (exact) mass is 618 g/mol. The van der Waals surface area contributed by atoms with Gasteiger partial charge in [0, 0.05) is 40.5 Å². The van der Waals surface area contributed by atoms with Crippen molar-refractivity contribution in [1.82, 2.24) is 21.5 Å². The minimum absolute atomic E-state index is 0.0492. The van der Waals surface area contributed by atoms with E-state index in [0.717, 1.165) is 22.5 Å². The number of nitrogens with one attached hydrogen (secondary N) is 4. The molecular weight excluding hydrogens is 583 g/mol. The number of halogens is 1. The number of unbranched alkanes of at least 4 members (excludes halogenated alkanes) is 1. The van der Waals surface area contributed by atoms with E-state index in [1.165, 1.54) is 12.1 Å². The number of hydrazine groups is 1. The number of hydrogen-bond acceptors (Lipinski definition) is 9. The second-order valence-electron chi connectivity index (χ2n) is 10.8. The molecule has 0 saturated carbocycles. The zero-order valence-electron chi connectivity index (χ0n) is 24.6. The largest absolute Gasteiger partial charge is 0.497 e. The molecule has 3 aromatic carbocycles. The molecule has 6 N–H and O–H groups in total. The smallest absolute Gasteiger partial charge is 0.488 e. The first-order valence-electron chi connectivity index (χ1n) is 14.6. The van der Waals surface area contributed by atoms with Gasteiger partial charge in [-0.15, -0.1) is 0 Å². The minimum atomic E-state index is -1.57. The fourth-order valence-corrected chi connectivity index (χ4v) is 5.56. The standard InChI is InChI=1S/C31H36BClN6O5/c1-19-37-38-30-26(18-28(40)34-15-3-4-16-35-31(41)21-5-9-22(10-6-21)32(42)43)36-29(20-7-11-23(33)12-8-20)25-17-24(44-2)13-14-27(25)39(19)30/h5-14,17,19,26,30,37-38,42-43H,3-4,15-16,18H2,1-2H3,(H,34,40)(H,35,41)/t19?,26-,30?/m0/s1. The molecule has 2 heterocycles. The number of ether oxygens (including phenoxy) is 1. The number of aliphatic imine (C=N–C) groups is 1. The van der Waals surface area contributed by atoms with Gasteiger partial charge in [0.15, 0.2) is 0 Å². The number of rotatable bonds is 11. The molecular formula is C31H36BClN6O5. The number of carbonyl (C=O) groups is 2. The summed E-state index contributed by atoms with van der Waals surface area (Å²) in [4.78, 5) is 32.9. The Morgan fingerprint density at radius 1 is 1.00 bits per heavy atom. The molecule has 13 heteroatoms. The number of fused-ring (bicyclic) bond motifs is 3. The topological polar surface area (TPSA) is 148 Å². The molecule has 5 rings (SSSR count). The second kappa shape index (κ2) is 14.2. The number of hydrogen-bond donors (Lipinski definition) is 6. The van der Waals surface area contributed by atoms with Crippen LogP contribution in [0, 0.1) is 0 Å². The molecule has 1 fully saturated rings. The summed E-state index contributed by atoms with van der Waals surface area (Å²) in [6.45, 7) is 2.97. The van der Waals surface area contributed by atoms with Gasteiger partial charge in [-0.3, -0.25) is 14.6 Å². The van der Waals surface area contributed by atoms with Crippen LogP contribution in [0.5, 0.6) is 5.75 Å². The van der Waals surface area contributed by atoms with Gasteiger partial charge in [-0.2, -0.15) is 0 Å². The molecule has 0 spiro atoms. The second-order valence-corrected chi connectivity index (χ2v) is 11.2. The summed E-state index contributed by atoms with van der Waals surface area (Å²) in [7, 11) is 0.0592. The zero-order chi connectivity index (χ0) is 31.2. The zero-order valence-corrected chi connectivity index (χ0v) is 25.3. The van der Waals surface area contributed by atoms with E-state index in [2.05, 4.69) is 33.3 Å². The van der Waals surface area contributed by atoms with Crippen molar-refractivity contribution in [2.24, 2.45) is 4.99 Å². The average molecular weight is 619 g/mol. The lowest BCUT2D eigenvalue weighted by Crippen LogP contribution is -2.47. The van der Waals surface area contributed by atoms with E-state index in [0.29, 0.717) is 47.7 Å². The van der Waals surface area contributed by atoms with Crippen molar-refractivity contribution in [2.45, 2.75) is 44.6 Å². The molecule has 230 valence electrons. The molecule has 0 bridgehead atoms. The van der Waals surface area contributed by atoms with Gasteiger partial charge in [0.2, 0.25) is 5.91 Å².